The van der Waals surface area contributed by atoms with Crippen molar-refractivity contribution in [3.63, 3.8) is 0 Å². The Labute approximate surface area is 193 Å². The molecule has 2 heterocycles. The van der Waals surface area contributed by atoms with Crippen LogP contribution in [0.5, 0.6) is 0 Å². The smallest absolute Gasteiger partial charge is 0.332 e. The summed E-state index contributed by atoms with van der Waals surface area (Å²) < 4.78 is 9.19. The van der Waals surface area contributed by atoms with E-state index in [1.54, 1.807) is 43.8 Å². The average molecular weight is 480 g/mol. The van der Waals surface area contributed by atoms with Gasteiger partial charge in [0.1, 0.15) is 0 Å². The Kier molecular flexibility index (Phi) is 6.05. The minimum Gasteiger partial charge on any atom is -0.466 e. The highest BCUT2D eigenvalue weighted by Crippen LogP contribution is 2.31. The van der Waals surface area contributed by atoms with E-state index in [4.69, 9.17) is 27.9 Å². The molecule has 1 aromatic carbocycles. The molecule has 0 atom stereocenters. The third kappa shape index (κ3) is 3.91. The lowest BCUT2D eigenvalue weighted by atomic mass is 9.80. The monoisotopic (exact) mass is 479 g/mol. The summed E-state index contributed by atoms with van der Waals surface area (Å²) in [4.78, 5) is 42.4. The first-order valence-electron chi connectivity index (χ1n) is 10.2. The zero-order chi connectivity index (χ0) is 23.2. The molecule has 32 heavy (non-hydrogen) atoms. The van der Waals surface area contributed by atoms with E-state index in [2.05, 4.69) is 10.3 Å². The normalized spacial score (nSPS) is 17.9. The van der Waals surface area contributed by atoms with Gasteiger partial charge in [0.2, 0.25) is 5.95 Å². The van der Waals surface area contributed by atoms with E-state index in [9.17, 15) is 14.4 Å². The Morgan fingerprint density at radius 2 is 1.91 bits per heavy atom. The van der Waals surface area contributed by atoms with Gasteiger partial charge in [0, 0.05) is 20.1 Å². The van der Waals surface area contributed by atoms with Crippen molar-refractivity contribution in [1.29, 1.82) is 0 Å². The van der Waals surface area contributed by atoms with Gasteiger partial charge in [0.05, 0.1) is 29.1 Å². The number of nitrogens with one attached hydrogen (secondary N) is 1. The van der Waals surface area contributed by atoms with Crippen LogP contribution in [0.4, 0.5) is 5.95 Å². The maximum atomic E-state index is 13.2. The van der Waals surface area contributed by atoms with Crippen molar-refractivity contribution < 1.29 is 9.53 Å². The molecular formula is C21H23Cl2N5O4. The van der Waals surface area contributed by atoms with Crippen LogP contribution in [0.1, 0.15) is 25.3 Å². The Morgan fingerprint density at radius 3 is 2.56 bits per heavy atom. The maximum Gasteiger partial charge on any atom is 0.332 e. The Morgan fingerprint density at radius 1 is 1.19 bits per heavy atom. The van der Waals surface area contributed by atoms with Crippen LogP contribution in [-0.2, 0) is 30.2 Å². The molecule has 0 saturated heterocycles. The van der Waals surface area contributed by atoms with E-state index in [1.165, 1.54) is 4.57 Å². The van der Waals surface area contributed by atoms with Crippen molar-refractivity contribution in [2.75, 3.05) is 11.9 Å². The van der Waals surface area contributed by atoms with Crippen LogP contribution in [0, 0.1) is 5.92 Å². The average Bonchev–Trinajstić information content (AvgIpc) is 3.05. The number of carbonyl (C=O) groups is 1. The number of nitrogens with zero attached hydrogens (tertiary/aromatic N) is 4. The number of anilines is 1. The number of aromatic nitrogens is 4. The van der Waals surface area contributed by atoms with Crippen molar-refractivity contribution in [2.45, 2.75) is 32.4 Å². The van der Waals surface area contributed by atoms with Crippen LogP contribution >= 0.6 is 23.2 Å². The summed E-state index contributed by atoms with van der Waals surface area (Å²) in [6.45, 7) is 2.20. The fraction of sp³-hybridized carbons (Fsp3) is 0.429. The van der Waals surface area contributed by atoms with Gasteiger partial charge in [0.15, 0.2) is 11.2 Å². The number of rotatable bonds is 6. The van der Waals surface area contributed by atoms with Gasteiger partial charge < -0.3 is 14.6 Å². The first kappa shape index (κ1) is 22.4. The number of hydrogen-bond acceptors (Lipinski definition) is 6. The van der Waals surface area contributed by atoms with Crippen molar-refractivity contribution >= 4 is 46.3 Å². The van der Waals surface area contributed by atoms with Crippen molar-refractivity contribution in [3.05, 3.63) is 54.6 Å². The highest BCUT2D eigenvalue weighted by molar-refractivity contribution is 6.42. The second-order valence-corrected chi connectivity index (χ2v) is 8.72. The molecule has 170 valence electrons. The first-order chi connectivity index (χ1) is 15.2. The van der Waals surface area contributed by atoms with Crippen LogP contribution in [0.15, 0.2) is 27.8 Å². The standard InChI is InChI=1S/C21H23Cl2N5O4/c1-4-32-19(30)12-8-13(9-12)24-20-25-17-16(26(20)2)18(29)28(21(31)27(17)3)10-11-5-6-14(22)15(23)7-11/h5-7,12-13H,4,8-10H2,1-3H3,(H,24,25). The summed E-state index contributed by atoms with van der Waals surface area (Å²) in [5.41, 5.74) is 0.338. The molecule has 11 heteroatoms. The molecule has 1 aliphatic carbocycles. The van der Waals surface area contributed by atoms with Crippen LogP contribution in [-0.4, -0.2) is 37.3 Å². The molecule has 2 aromatic heterocycles. The first-order valence-corrected chi connectivity index (χ1v) is 11.0. The number of imidazole rings is 1. The van der Waals surface area contributed by atoms with Gasteiger partial charge in [-0.1, -0.05) is 29.3 Å². The van der Waals surface area contributed by atoms with Gasteiger partial charge in [0.25, 0.3) is 5.56 Å². The number of carbonyl (C=O) groups excluding carboxylic acids is 1. The molecule has 1 N–H and O–H groups in total. The SMILES string of the molecule is CCOC(=O)C1CC(Nc2nc3c(c(=O)n(Cc4ccc(Cl)c(Cl)c4)c(=O)n3C)n2C)C1. The van der Waals surface area contributed by atoms with Gasteiger partial charge in [-0.05, 0) is 37.5 Å². The number of benzene rings is 1. The number of fused-ring (bicyclic) bond motifs is 1. The number of esters is 1. The molecule has 0 spiro atoms. The van der Waals surface area contributed by atoms with E-state index >= 15 is 0 Å². The molecular weight excluding hydrogens is 457 g/mol. The van der Waals surface area contributed by atoms with E-state index in [0.29, 0.717) is 46.5 Å². The highest BCUT2D eigenvalue weighted by Gasteiger charge is 2.36. The van der Waals surface area contributed by atoms with Crippen molar-refractivity contribution in [2.24, 2.45) is 20.0 Å². The molecule has 1 saturated carbocycles. The Hall–Kier alpha value is -2.78. The summed E-state index contributed by atoms with van der Waals surface area (Å²) in [5, 5.41) is 4.02. The van der Waals surface area contributed by atoms with Crippen molar-refractivity contribution in [1.82, 2.24) is 18.7 Å². The molecule has 0 bridgehead atoms. The van der Waals surface area contributed by atoms with Crippen LogP contribution in [0.3, 0.4) is 0 Å². The lowest BCUT2D eigenvalue weighted by Gasteiger charge is -2.34. The summed E-state index contributed by atoms with van der Waals surface area (Å²) in [6, 6.07) is 5.01. The van der Waals surface area contributed by atoms with Gasteiger partial charge >= 0.3 is 11.7 Å². The van der Waals surface area contributed by atoms with E-state index < -0.39 is 11.2 Å². The molecule has 4 rings (SSSR count). The largest absolute Gasteiger partial charge is 0.466 e. The number of ether oxygens (including phenoxy) is 1. The molecule has 9 nitrogen and oxygen atoms in total. The maximum absolute atomic E-state index is 13.2. The zero-order valence-electron chi connectivity index (χ0n) is 17.9. The second-order valence-electron chi connectivity index (χ2n) is 7.91. The van der Waals surface area contributed by atoms with Gasteiger partial charge in [-0.3, -0.25) is 18.7 Å². The molecule has 0 aliphatic heterocycles. The summed E-state index contributed by atoms with van der Waals surface area (Å²) >= 11 is 12.0. The third-order valence-electron chi connectivity index (χ3n) is 5.78. The number of halogens is 2. The van der Waals surface area contributed by atoms with Crippen LogP contribution in [0.25, 0.3) is 11.2 Å². The topological polar surface area (TPSA) is 100 Å². The molecule has 3 aromatic rings. The molecule has 0 radical (unpaired) electrons. The lowest BCUT2D eigenvalue weighted by molar-refractivity contribution is -0.151. The van der Waals surface area contributed by atoms with Gasteiger partial charge in [-0.2, -0.15) is 4.98 Å². The Bertz CT molecular complexity index is 1320. The molecule has 0 amide bonds. The lowest BCUT2D eigenvalue weighted by Crippen LogP contribution is -2.41. The molecule has 0 unspecified atom stereocenters. The third-order valence-corrected chi connectivity index (χ3v) is 6.51. The van der Waals surface area contributed by atoms with Gasteiger partial charge in [-0.15, -0.1) is 0 Å². The van der Waals surface area contributed by atoms with E-state index in [1.807, 2.05) is 0 Å². The molecule has 1 aliphatic rings. The summed E-state index contributed by atoms with van der Waals surface area (Å²) in [7, 11) is 3.29. The second kappa shape index (κ2) is 8.63. The van der Waals surface area contributed by atoms with Crippen LogP contribution in [0.2, 0.25) is 10.0 Å². The summed E-state index contributed by atoms with van der Waals surface area (Å²) in [6.07, 6.45) is 1.26. The minimum atomic E-state index is -0.482. The number of hydrogen-bond donors (Lipinski definition) is 1. The highest BCUT2D eigenvalue weighted by atomic mass is 35.5. The van der Waals surface area contributed by atoms with E-state index in [0.717, 1.165) is 4.57 Å². The molecule has 1 fully saturated rings. The quantitative estimate of drug-likeness (QED) is 0.545. The predicted molar refractivity (Wildman–Crippen MR) is 123 cm³/mol. The fourth-order valence-electron chi connectivity index (χ4n) is 3.90. The zero-order valence-corrected chi connectivity index (χ0v) is 19.4. The predicted octanol–water partition coefficient (Wildman–Crippen LogP) is 2.54. The Balaban J connectivity index is 1.64. The van der Waals surface area contributed by atoms with E-state index in [-0.39, 0.29) is 30.1 Å². The minimum absolute atomic E-state index is 0.0374. The van der Waals surface area contributed by atoms with Crippen LogP contribution < -0.4 is 16.6 Å². The fourth-order valence-corrected chi connectivity index (χ4v) is 4.22. The van der Waals surface area contributed by atoms with Crippen molar-refractivity contribution in [3.8, 4) is 0 Å². The number of aryl methyl sites for hydroxylation is 2. The summed E-state index contributed by atoms with van der Waals surface area (Å²) in [5.74, 6) is 0.143. The van der Waals surface area contributed by atoms with Gasteiger partial charge in [-0.25, -0.2) is 4.79 Å².